The Hall–Kier alpha value is -1.58. The van der Waals surface area contributed by atoms with Crippen molar-refractivity contribution >= 4 is 0 Å². The van der Waals surface area contributed by atoms with Gasteiger partial charge >= 0.3 is 0 Å². The first-order valence-electron chi connectivity index (χ1n) is 7.46. The van der Waals surface area contributed by atoms with Crippen molar-refractivity contribution < 1.29 is 4.42 Å². The number of hydrogen-bond donors (Lipinski definition) is 2. The van der Waals surface area contributed by atoms with E-state index in [1.807, 2.05) is 0 Å². The van der Waals surface area contributed by atoms with Crippen molar-refractivity contribution in [3.05, 3.63) is 59.5 Å². The number of aryl methyl sites for hydroxylation is 1. The van der Waals surface area contributed by atoms with Crippen LogP contribution < -0.4 is 10.6 Å². The summed E-state index contributed by atoms with van der Waals surface area (Å²) in [7, 11) is 0. The maximum Gasteiger partial charge on any atom is 0.117 e. The lowest BCUT2D eigenvalue weighted by Crippen LogP contribution is -2.33. The molecule has 106 valence electrons. The summed E-state index contributed by atoms with van der Waals surface area (Å²) in [6, 6.07) is 15.7. The van der Waals surface area contributed by atoms with Crippen LogP contribution in [-0.4, -0.2) is 12.6 Å². The summed E-state index contributed by atoms with van der Waals surface area (Å²) in [6.45, 7) is 3.98. The summed E-state index contributed by atoms with van der Waals surface area (Å²) < 4.78 is 5.75. The molecule has 2 atom stereocenters. The summed E-state index contributed by atoms with van der Waals surface area (Å²) in [5.74, 6) is 2.09. The molecule has 3 heteroatoms. The molecule has 3 rings (SSSR count). The van der Waals surface area contributed by atoms with E-state index in [1.165, 1.54) is 5.56 Å². The molecule has 0 spiro atoms. The zero-order valence-corrected chi connectivity index (χ0v) is 11.9. The highest BCUT2D eigenvalue weighted by molar-refractivity contribution is 5.22. The molecule has 0 bridgehead atoms. The molecule has 20 heavy (non-hydrogen) atoms. The van der Waals surface area contributed by atoms with E-state index in [1.54, 1.807) is 0 Å². The Kier molecular flexibility index (Phi) is 4.19. The molecule has 2 N–H and O–H groups in total. The summed E-state index contributed by atoms with van der Waals surface area (Å²) in [5, 5.41) is 7.21. The summed E-state index contributed by atoms with van der Waals surface area (Å²) in [5.41, 5.74) is 1.36. The van der Waals surface area contributed by atoms with Crippen molar-refractivity contribution in [3.8, 4) is 0 Å². The zero-order valence-electron chi connectivity index (χ0n) is 11.9. The average molecular weight is 270 g/mol. The van der Waals surface area contributed by atoms with E-state index < -0.39 is 0 Å². The summed E-state index contributed by atoms with van der Waals surface area (Å²) >= 11 is 0. The van der Waals surface area contributed by atoms with Crippen LogP contribution in [0.2, 0.25) is 0 Å². The Bertz CT molecular complexity index is 535. The molecule has 0 unspecified atom stereocenters. The number of furan rings is 1. The minimum absolute atomic E-state index is 0.400. The van der Waals surface area contributed by atoms with Gasteiger partial charge in [-0.05, 0) is 30.7 Å². The number of rotatable bonds is 5. The lowest BCUT2D eigenvalue weighted by Gasteiger charge is -2.20. The van der Waals surface area contributed by atoms with Gasteiger partial charge in [-0.3, -0.25) is 0 Å². The minimum atomic E-state index is 0.400. The highest BCUT2D eigenvalue weighted by Gasteiger charge is 2.27. The first-order chi connectivity index (χ1) is 9.86. The van der Waals surface area contributed by atoms with E-state index in [9.17, 15) is 0 Å². The van der Waals surface area contributed by atoms with Gasteiger partial charge in [-0.15, -0.1) is 0 Å². The van der Waals surface area contributed by atoms with Gasteiger partial charge in [0, 0.05) is 18.5 Å². The zero-order chi connectivity index (χ0) is 13.8. The van der Waals surface area contributed by atoms with Crippen molar-refractivity contribution in [3.63, 3.8) is 0 Å². The molecule has 1 aromatic heterocycles. The Morgan fingerprint density at radius 2 is 1.95 bits per heavy atom. The van der Waals surface area contributed by atoms with Gasteiger partial charge in [0.2, 0.25) is 0 Å². The standard InChI is InChI=1S/C17H22N2O/c1-2-14-8-9-15(20-14)12-19-16-10-11-18-17(16)13-6-4-3-5-7-13/h3-9,16-19H,2,10-12H2,1H3/t16-,17-/m0/s1. The van der Waals surface area contributed by atoms with Crippen LogP contribution in [0.4, 0.5) is 0 Å². The highest BCUT2D eigenvalue weighted by atomic mass is 16.3. The van der Waals surface area contributed by atoms with Crippen molar-refractivity contribution in [2.45, 2.75) is 38.4 Å². The quantitative estimate of drug-likeness (QED) is 0.877. The highest BCUT2D eigenvalue weighted by Crippen LogP contribution is 2.24. The SMILES string of the molecule is CCc1ccc(CN[C@H]2CCN[C@H]2c2ccccc2)o1. The lowest BCUT2D eigenvalue weighted by molar-refractivity contribution is 0.406. The van der Waals surface area contributed by atoms with Crippen LogP contribution in [0, 0.1) is 0 Å². The van der Waals surface area contributed by atoms with Crippen LogP contribution in [0.5, 0.6) is 0 Å². The third-order valence-electron chi connectivity index (χ3n) is 3.98. The normalized spacial score (nSPS) is 22.2. The van der Waals surface area contributed by atoms with Crippen LogP contribution in [0.25, 0.3) is 0 Å². The second-order valence-electron chi connectivity index (χ2n) is 5.34. The van der Waals surface area contributed by atoms with Crippen LogP contribution in [0.3, 0.4) is 0 Å². The predicted octanol–water partition coefficient (Wildman–Crippen LogP) is 3.03. The van der Waals surface area contributed by atoms with Crippen molar-refractivity contribution in [1.29, 1.82) is 0 Å². The first-order valence-corrected chi connectivity index (χ1v) is 7.46. The average Bonchev–Trinajstić information content (AvgIpc) is 3.15. The van der Waals surface area contributed by atoms with E-state index >= 15 is 0 Å². The van der Waals surface area contributed by atoms with Crippen molar-refractivity contribution in [2.75, 3.05) is 6.54 Å². The molecule has 0 amide bonds. The second kappa shape index (κ2) is 6.25. The lowest BCUT2D eigenvalue weighted by atomic mass is 10.0. The number of hydrogen-bond acceptors (Lipinski definition) is 3. The van der Waals surface area contributed by atoms with Gasteiger partial charge in [-0.2, -0.15) is 0 Å². The Balaban J connectivity index is 1.61. The van der Waals surface area contributed by atoms with E-state index in [-0.39, 0.29) is 0 Å². The molecular weight excluding hydrogens is 248 g/mol. The van der Waals surface area contributed by atoms with Gasteiger partial charge in [0.1, 0.15) is 11.5 Å². The monoisotopic (exact) mass is 270 g/mol. The fourth-order valence-corrected chi connectivity index (χ4v) is 2.87. The van der Waals surface area contributed by atoms with Gasteiger partial charge in [-0.1, -0.05) is 37.3 Å². The Labute approximate surface area is 120 Å². The molecule has 1 aromatic carbocycles. The maximum absolute atomic E-state index is 5.75. The molecular formula is C17H22N2O. The van der Waals surface area contributed by atoms with Crippen LogP contribution in [0.1, 0.15) is 36.5 Å². The van der Waals surface area contributed by atoms with E-state index in [4.69, 9.17) is 4.42 Å². The number of nitrogens with one attached hydrogen (secondary N) is 2. The van der Waals surface area contributed by atoms with Crippen molar-refractivity contribution in [2.24, 2.45) is 0 Å². The third kappa shape index (κ3) is 2.94. The minimum Gasteiger partial charge on any atom is -0.465 e. The molecule has 2 aromatic rings. The van der Waals surface area contributed by atoms with E-state index in [0.717, 1.165) is 37.5 Å². The molecule has 1 aliphatic heterocycles. The van der Waals surface area contributed by atoms with Gasteiger partial charge in [0.05, 0.1) is 6.54 Å². The van der Waals surface area contributed by atoms with Gasteiger partial charge in [-0.25, -0.2) is 0 Å². The summed E-state index contributed by atoms with van der Waals surface area (Å²) in [4.78, 5) is 0. The van der Waals surface area contributed by atoms with Crippen LogP contribution in [-0.2, 0) is 13.0 Å². The Morgan fingerprint density at radius 1 is 1.15 bits per heavy atom. The molecule has 3 nitrogen and oxygen atoms in total. The van der Waals surface area contributed by atoms with Crippen LogP contribution >= 0.6 is 0 Å². The third-order valence-corrected chi connectivity index (χ3v) is 3.98. The molecule has 1 aliphatic rings. The van der Waals surface area contributed by atoms with Gasteiger partial charge in [0.25, 0.3) is 0 Å². The summed E-state index contributed by atoms with van der Waals surface area (Å²) in [6.07, 6.45) is 2.11. The molecule has 0 aliphatic carbocycles. The topological polar surface area (TPSA) is 37.2 Å². The van der Waals surface area contributed by atoms with Crippen LogP contribution in [0.15, 0.2) is 46.9 Å². The molecule has 0 radical (unpaired) electrons. The van der Waals surface area contributed by atoms with Gasteiger partial charge < -0.3 is 15.1 Å². The van der Waals surface area contributed by atoms with Crippen molar-refractivity contribution in [1.82, 2.24) is 10.6 Å². The second-order valence-corrected chi connectivity index (χ2v) is 5.34. The predicted molar refractivity (Wildman–Crippen MR) is 80.5 cm³/mol. The smallest absolute Gasteiger partial charge is 0.117 e. The molecule has 0 saturated carbocycles. The maximum atomic E-state index is 5.75. The molecule has 1 saturated heterocycles. The first kappa shape index (κ1) is 13.4. The van der Waals surface area contributed by atoms with E-state index in [2.05, 4.69) is 60.0 Å². The number of benzene rings is 1. The molecule has 2 heterocycles. The fraction of sp³-hybridized carbons (Fsp3) is 0.412. The molecule has 1 fully saturated rings. The Morgan fingerprint density at radius 3 is 2.70 bits per heavy atom. The van der Waals surface area contributed by atoms with E-state index in [0.29, 0.717) is 12.1 Å². The van der Waals surface area contributed by atoms with Gasteiger partial charge in [0.15, 0.2) is 0 Å². The largest absolute Gasteiger partial charge is 0.465 e. The fourth-order valence-electron chi connectivity index (χ4n) is 2.87.